The summed E-state index contributed by atoms with van der Waals surface area (Å²) in [6.45, 7) is 1.91. The Labute approximate surface area is 171 Å². The molecular weight excluding hydrogens is 388 g/mol. The first-order chi connectivity index (χ1) is 14.1. The van der Waals surface area contributed by atoms with E-state index in [0.29, 0.717) is 11.5 Å². The quantitative estimate of drug-likeness (QED) is 0.273. The van der Waals surface area contributed by atoms with Gasteiger partial charge < -0.3 is 15.1 Å². The molecular formula is C21H18N4O3S. The Hall–Kier alpha value is -3.52. The molecule has 2 heterocycles. The van der Waals surface area contributed by atoms with E-state index in [0.717, 1.165) is 21.8 Å². The summed E-state index contributed by atoms with van der Waals surface area (Å²) in [5.74, 6) is -1.05. The van der Waals surface area contributed by atoms with Gasteiger partial charge in [0.25, 0.3) is 0 Å². The Morgan fingerprint density at radius 2 is 1.86 bits per heavy atom. The lowest BCUT2D eigenvalue weighted by molar-refractivity contribution is -0.139. The molecule has 3 aromatic rings. The summed E-state index contributed by atoms with van der Waals surface area (Å²) in [4.78, 5) is 26.1. The second-order valence-electron chi connectivity index (χ2n) is 6.33. The van der Waals surface area contributed by atoms with Crippen molar-refractivity contribution in [1.82, 2.24) is 10.7 Å². The van der Waals surface area contributed by atoms with Crippen molar-refractivity contribution in [3.8, 4) is 0 Å². The van der Waals surface area contributed by atoms with Crippen molar-refractivity contribution in [2.24, 2.45) is 5.10 Å². The minimum absolute atomic E-state index is 0.136. The molecule has 7 nitrogen and oxygen atoms in total. The zero-order valence-corrected chi connectivity index (χ0v) is 16.4. The van der Waals surface area contributed by atoms with Gasteiger partial charge in [-0.3, -0.25) is 9.59 Å². The van der Waals surface area contributed by atoms with Crippen LogP contribution < -0.4 is 16.1 Å². The van der Waals surface area contributed by atoms with Gasteiger partial charge in [0.1, 0.15) is 5.76 Å². The summed E-state index contributed by atoms with van der Waals surface area (Å²) in [5, 5.41) is 9.94. The highest BCUT2D eigenvalue weighted by molar-refractivity contribution is 7.99. The van der Waals surface area contributed by atoms with E-state index in [-0.39, 0.29) is 6.54 Å². The van der Waals surface area contributed by atoms with Gasteiger partial charge in [-0.05, 0) is 48.9 Å². The molecule has 0 radical (unpaired) electrons. The molecule has 0 spiro atoms. The van der Waals surface area contributed by atoms with Crippen LogP contribution >= 0.6 is 11.8 Å². The molecule has 0 unspecified atom stereocenters. The Balaban J connectivity index is 1.39. The molecule has 2 aromatic carbocycles. The number of furan rings is 1. The lowest BCUT2D eigenvalue weighted by atomic mass is 10.1. The molecule has 2 amide bonds. The Bertz CT molecular complexity index is 1090. The first kappa shape index (κ1) is 18.8. The largest absolute Gasteiger partial charge is 0.467 e. The first-order valence-electron chi connectivity index (χ1n) is 8.93. The smallest absolute Gasteiger partial charge is 0.329 e. The van der Waals surface area contributed by atoms with Gasteiger partial charge in [-0.1, -0.05) is 30.0 Å². The third-order valence-corrected chi connectivity index (χ3v) is 5.46. The van der Waals surface area contributed by atoms with Crippen molar-refractivity contribution in [3.05, 3.63) is 72.2 Å². The molecule has 0 atom stereocenters. The lowest BCUT2D eigenvalue weighted by Gasteiger charge is -2.21. The van der Waals surface area contributed by atoms with Crippen molar-refractivity contribution >= 4 is 40.7 Å². The Morgan fingerprint density at radius 1 is 1.03 bits per heavy atom. The van der Waals surface area contributed by atoms with E-state index in [1.165, 1.54) is 11.2 Å². The van der Waals surface area contributed by atoms with E-state index in [1.807, 2.05) is 36.4 Å². The fourth-order valence-electron chi connectivity index (χ4n) is 2.77. The van der Waals surface area contributed by atoms with Gasteiger partial charge in [0, 0.05) is 9.79 Å². The molecule has 29 heavy (non-hydrogen) atoms. The number of para-hydroxylation sites is 1. The van der Waals surface area contributed by atoms with Crippen LogP contribution in [0, 0.1) is 0 Å². The number of nitrogens with zero attached hydrogens (tertiary/aromatic N) is 1. The summed E-state index contributed by atoms with van der Waals surface area (Å²) in [6.07, 6.45) is 1.50. The second-order valence-corrected chi connectivity index (χ2v) is 7.42. The monoisotopic (exact) mass is 406 g/mol. The van der Waals surface area contributed by atoms with Crippen LogP contribution in [0.1, 0.15) is 18.2 Å². The van der Waals surface area contributed by atoms with Crippen LogP contribution in [0.5, 0.6) is 0 Å². The predicted octanol–water partition coefficient (Wildman–Crippen LogP) is 3.64. The van der Waals surface area contributed by atoms with Crippen LogP contribution in [0.3, 0.4) is 0 Å². The molecule has 0 fully saturated rings. The highest BCUT2D eigenvalue weighted by atomic mass is 32.2. The van der Waals surface area contributed by atoms with E-state index < -0.39 is 11.8 Å². The van der Waals surface area contributed by atoms with Gasteiger partial charge in [0.2, 0.25) is 0 Å². The van der Waals surface area contributed by atoms with E-state index >= 15 is 0 Å². The summed E-state index contributed by atoms with van der Waals surface area (Å²) < 4.78 is 5.11. The molecule has 8 heteroatoms. The molecule has 4 rings (SSSR count). The van der Waals surface area contributed by atoms with Crippen LogP contribution in [-0.4, -0.2) is 17.5 Å². The molecule has 0 aliphatic carbocycles. The molecule has 0 saturated heterocycles. The third kappa shape index (κ3) is 4.33. The second kappa shape index (κ2) is 8.24. The van der Waals surface area contributed by atoms with Crippen LogP contribution in [0.2, 0.25) is 0 Å². The van der Waals surface area contributed by atoms with Gasteiger partial charge in [0.15, 0.2) is 0 Å². The minimum atomic E-state index is -0.837. The van der Waals surface area contributed by atoms with Gasteiger partial charge in [-0.15, -0.1) is 0 Å². The standard InChI is InChI=1S/C21H18N4O3S/c1-13(24-25-21(27)20(26)22-12-15-5-4-10-28-15)14-8-9-19-17(11-14)23-16-6-2-3-7-18(16)29-19/h2-11,23H,12H2,1H3,(H,22,26)(H,25,27)/b24-13-. The van der Waals surface area contributed by atoms with Crippen molar-refractivity contribution in [1.29, 1.82) is 0 Å². The predicted molar refractivity (Wildman–Crippen MR) is 111 cm³/mol. The summed E-state index contributed by atoms with van der Waals surface area (Å²) >= 11 is 1.70. The number of fused-ring (bicyclic) bond motifs is 2. The maximum absolute atomic E-state index is 11.9. The molecule has 0 bridgehead atoms. The van der Waals surface area contributed by atoms with Gasteiger partial charge in [0.05, 0.1) is 29.9 Å². The molecule has 146 valence electrons. The number of hydrogen-bond acceptors (Lipinski definition) is 6. The van der Waals surface area contributed by atoms with Gasteiger partial charge in [-0.25, -0.2) is 5.43 Å². The Morgan fingerprint density at radius 3 is 2.69 bits per heavy atom. The van der Waals surface area contributed by atoms with Gasteiger partial charge in [-0.2, -0.15) is 5.10 Å². The number of nitrogens with one attached hydrogen (secondary N) is 3. The number of hydrogen-bond donors (Lipinski definition) is 3. The number of amides is 2. The average Bonchev–Trinajstić information content (AvgIpc) is 3.27. The normalized spacial score (nSPS) is 12.4. The van der Waals surface area contributed by atoms with Crippen molar-refractivity contribution < 1.29 is 14.0 Å². The maximum Gasteiger partial charge on any atom is 0.329 e. The van der Waals surface area contributed by atoms with Crippen LogP contribution in [0.4, 0.5) is 11.4 Å². The number of carbonyl (C=O) groups is 2. The van der Waals surface area contributed by atoms with Gasteiger partial charge >= 0.3 is 11.8 Å². The van der Waals surface area contributed by atoms with E-state index in [2.05, 4.69) is 27.2 Å². The topological polar surface area (TPSA) is 95.7 Å². The SMILES string of the molecule is C/C(=N/NC(=O)C(=O)NCc1ccco1)c1ccc2c(c1)Nc1ccccc1S2. The number of anilines is 2. The maximum atomic E-state index is 11.9. The summed E-state index contributed by atoms with van der Waals surface area (Å²) in [7, 11) is 0. The highest BCUT2D eigenvalue weighted by Crippen LogP contribution is 2.44. The lowest BCUT2D eigenvalue weighted by Crippen LogP contribution is -2.37. The number of benzene rings is 2. The molecule has 1 aromatic heterocycles. The molecule has 0 saturated carbocycles. The van der Waals surface area contributed by atoms with E-state index in [4.69, 9.17) is 4.42 Å². The van der Waals surface area contributed by atoms with Crippen LogP contribution in [0.25, 0.3) is 0 Å². The average molecular weight is 406 g/mol. The summed E-state index contributed by atoms with van der Waals surface area (Å²) in [6, 6.07) is 17.4. The molecule has 1 aliphatic rings. The zero-order valence-electron chi connectivity index (χ0n) is 15.6. The van der Waals surface area contributed by atoms with Crippen molar-refractivity contribution in [2.75, 3.05) is 5.32 Å². The number of rotatable bonds is 4. The number of carbonyl (C=O) groups excluding carboxylic acids is 2. The fourth-order valence-corrected chi connectivity index (χ4v) is 3.74. The minimum Gasteiger partial charge on any atom is -0.467 e. The highest BCUT2D eigenvalue weighted by Gasteiger charge is 2.16. The Kier molecular flexibility index (Phi) is 5.35. The van der Waals surface area contributed by atoms with Crippen LogP contribution in [-0.2, 0) is 16.1 Å². The van der Waals surface area contributed by atoms with Crippen LogP contribution in [0.15, 0.2) is 80.2 Å². The zero-order chi connectivity index (χ0) is 20.2. The third-order valence-electron chi connectivity index (χ3n) is 4.31. The molecule has 3 N–H and O–H groups in total. The first-order valence-corrected chi connectivity index (χ1v) is 9.75. The summed E-state index contributed by atoms with van der Waals surface area (Å²) in [5.41, 5.74) is 5.75. The fraction of sp³-hybridized carbons (Fsp3) is 0.0952. The molecule has 1 aliphatic heterocycles. The van der Waals surface area contributed by atoms with E-state index in [1.54, 1.807) is 30.8 Å². The number of hydrazone groups is 1. The van der Waals surface area contributed by atoms with Crippen molar-refractivity contribution in [3.63, 3.8) is 0 Å². The van der Waals surface area contributed by atoms with E-state index in [9.17, 15) is 9.59 Å². The van der Waals surface area contributed by atoms with Crippen molar-refractivity contribution in [2.45, 2.75) is 23.3 Å².